The van der Waals surface area contributed by atoms with E-state index >= 15 is 0 Å². The van der Waals surface area contributed by atoms with Gasteiger partial charge in [-0.1, -0.05) is 24.3 Å². The van der Waals surface area contributed by atoms with E-state index in [9.17, 15) is 4.79 Å². The van der Waals surface area contributed by atoms with Crippen LogP contribution in [0.25, 0.3) is 0 Å². The van der Waals surface area contributed by atoms with Crippen molar-refractivity contribution >= 4 is 5.97 Å². The number of esters is 1. The summed E-state index contributed by atoms with van der Waals surface area (Å²) in [6, 6.07) is 0. The van der Waals surface area contributed by atoms with Gasteiger partial charge in [0.15, 0.2) is 0 Å². The van der Waals surface area contributed by atoms with E-state index in [1.165, 1.54) is 7.11 Å². The molecule has 0 aromatic heterocycles. The molecule has 0 heterocycles. The molecule has 1 aliphatic carbocycles. The summed E-state index contributed by atoms with van der Waals surface area (Å²) < 4.78 is 4.69. The Hall–Kier alpha value is -1.31. The molecule has 70 valence electrons. The Morgan fingerprint density at radius 3 is 3.15 bits per heavy atom. The third-order valence-electron chi connectivity index (χ3n) is 2.16. The second-order valence-corrected chi connectivity index (χ2v) is 2.96. The van der Waals surface area contributed by atoms with Gasteiger partial charge in [0, 0.05) is 11.5 Å². The summed E-state index contributed by atoms with van der Waals surface area (Å²) in [5, 5.41) is 0. The lowest BCUT2D eigenvalue weighted by Gasteiger charge is -2.11. The molecule has 0 saturated carbocycles. The van der Waals surface area contributed by atoms with E-state index in [4.69, 9.17) is 0 Å². The Bertz CT molecular complexity index is 261. The topological polar surface area (TPSA) is 26.3 Å². The van der Waals surface area contributed by atoms with Crippen LogP contribution in [0.3, 0.4) is 0 Å². The van der Waals surface area contributed by atoms with Crippen molar-refractivity contribution in [1.29, 1.82) is 0 Å². The van der Waals surface area contributed by atoms with Gasteiger partial charge in [0.2, 0.25) is 0 Å². The van der Waals surface area contributed by atoms with Crippen LogP contribution in [-0.2, 0) is 9.53 Å². The van der Waals surface area contributed by atoms with E-state index < -0.39 is 0 Å². The van der Waals surface area contributed by atoms with Crippen LogP contribution in [0, 0.1) is 5.92 Å². The van der Waals surface area contributed by atoms with Gasteiger partial charge >= 0.3 is 5.97 Å². The molecule has 0 spiro atoms. The normalized spacial score (nSPS) is 21.6. The van der Waals surface area contributed by atoms with Gasteiger partial charge in [0.25, 0.3) is 0 Å². The van der Waals surface area contributed by atoms with Crippen LogP contribution in [0.2, 0.25) is 0 Å². The van der Waals surface area contributed by atoms with E-state index in [1.54, 1.807) is 6.08 Å². The number of carbonyl (C=O) groups excluding carboxylic acids is 1. The molecule has 0 amide bonds. The van der Waals surface area contributed by atoms with Gasteiger partial charge in [0.1, 0.15) is 0 Å². The molecule has 0 radical (unpaired) electrons. The summed E-state index contributed by atoms with van der Waals surface area (Å²) in [7, 11) is 1.40. The van der Waals surface area contributed by atoms with E-state index in [1.807, 2.05) is 18.2 Å². The molecule has 1 atom stereocenters. The molecule has 2 heteroatoms. The summed E-state index contributed by atoms with van der Waals surface area (Å²) in [4.78, 5) is 11.3. The molecule has 13 heavy (non-hydrogen) atoms. The number of ether oxygens (including phenoxy) is 1. The molecule has 1 unspecified atom stereocenters. The summed E-state index contributed by atoms with van der Waals surface area (Å²) >= 11 is 0. The van der Waals surface area contributed by atoms with Gasteiger partial charge in [-0.05, 0) is 12.8 Å². The quantitative estimate of drug-likeness (QED) is 0.479. The monoisotopic (exact) mass is 178 g/mol. The lowest BCUT2D eigenvalue weighted by atomic mass is 9.95. The number of rotatable bonds is 2. The smallest absolute Gasteiger partial charge is 0.334 e. The zero-order chi connectivity index (χ0) is 9.68. The van der Waals surface area contributed by atoms with Gasteiger partial charge in [-0.2, -0.15) is 0 Å². The zero-order valence-electron chi connectivity index (χ0n) is 7.82. The molecule has 0 aromatic carbocycles. The van der Waals surface area contributed by atoms with E-state index in [0.717, 1.165) is 12.8 Å². The van der Waals surface area contributed by atoms with Crippen molar-refractivity contribution in [2.75, 3.05) is 7.11 Å². The Kier molecular flexibility index (Phi) is 3.50. The zero-order valence-corrected chi connectivity index (χ0v) is 7.82. The van der Waals surface area contributed by atoms with Crippen LogP contribution >= 0.6 is 0 Å². The molecular weight excluding hydrogens is 164 g/mol. The van der Waals surface area contributed by atoms with Crippen molar-refractivity contribution in [3.63, 3.8) is 0 Å². The van der Waals surface area contributed by atoms with Gasteiger partial charge in [0.05, 0.1) is 7.11 Å². The second kappa shape index (κ2) is 4.65. The highest BCUT2D eigenvalue weighted by Gasteiger charge is 2.18. The first-order chi connectivity index (χ1) is 6.29. The molecule has 0 aromatic rings. The number of methoxy groups -OCH3 is 1. The first kappa shape index (κ1) is 9.78. The largest absolute Gasteiger partial charge is 0.466 e. The van der Waals surface area contributed by atoms with Crippen LogP contribution in [-0.4, -0.2) is 13.1 Å². The van der Waals surface area contributed by atoms with Gasteiger partial charge in [-0.3, -0.25) is 0 Å². The number of allylic oxidation sites excluding steroid dienone is 4. The highest BCUT2D eigenvalue weighted by Crippen LogP contribution is 2.22. The first-order valence-electron chi connectivity index (χ1n) is 4.37. The van der Waals surface area contributed by atoms with Crippen molar-refractivity contribution in [2.45, 2.75) is 12.8 Å². The van der Waals surface area contributed by atoms with Gasteiger partial charge in [-0.15, -0.1) is 6.58 Å². The lowest BCUT2D eigenvalue weighted by Crippen LogP contribution is -2.12. The maximum Gasteiger partial charge on any atom is 0.334 e. The highest BCUT2D eigenvalue weighted by atomic mass is 16.5. The van der Waals surface area contributed by atoms with Crippen molar-refractivity contribution in [2.24, 2.45) is 5.92 Å². The molecular formula is C11H14O2. The fraction of sp³-hybridized carbons (Fsp3) is 0.364. The van der Waals surface area contributed by atoms with Crippen molar-refractivity contribution < 1.29 is 9.53 Å². The second-order valence-electron chi connectivity index (χ2n) is 2.96. The van der Waals surface area contributed by atoms with Gasteiger partial charge in [-0.25, -0.2) is 4.79 Å². The fourth-order valence-electron chi connectivity index (χ4n) is 1.40. The molecule has 0 fully saturated rings. The highest BCUT2D eigenvalue weighted by molar-refractivity contribution is 5.89. The fourth-order valence-corrected chi connectivity index (χ4v) is 1.40. The molecule has 2 nitrogen and oxygen atoms in total. The van der Waals surface area contributed by atoms with E-state index in [0.29, 0.717) is 5.57 Å². The standard InChI is InChI=1S/C11H14O2/c1-3-9-7-5-4-6-8-10(9)11(12)13-2/h3-4,6,8-9H,1,5,7H2,2H3. The van der Waals surface area contributed by atoms with Crippen LogP contribution in [0.15, 0.2) is 36.5 Å². The first-order valence-corrected chi connectivity index (χ1v) is 4.37. The number of hydrogen-bond acceptors (Lipinski definition) is 2. The Balaban J connectivity index is 2.86. The molecule has 1 aliphatic rings. The molecule has 0 saturated heterocycles. The maximum atomic E-state index is 11.3. The van der Waals surface area contributed by atoms with Crippen LogP contribution in [0.4, 0.5) is 0 Å². The average Bonchev–Trinajstić information content (AvgIpc) is 2.41. The Morgan fingerprint density at radius 1 is 1.77 bits per heavy atom. The van der Waals surface area contributed by atoms with Crippen molar-refractivity contribution in [3.05, 3.63) is 36.5 Å². The van der Waals surface area contributed by atoms with Crippen molar-refractivity contribution in [3.8, 4) is 0 Å². The average molecular weight is 178 g/mol. The minimum absolute atomic E-state index is 0.127. The summed E-state index contributed by atoms with van der Waals surface area (Å²) in [6.45, 7) is 3.72. The summed E-state index contributed by atoms with van der Waals surface area (Å²) in [5.74, 6) is -0.126. The van der Waals surface area contributed by atoms with Crippen molar-refractivity contribution in [1.82, 2.24) is 0 Å². The number of carbonyl (C=O) groups is 1. The summed E-state index contributed by atoms with van der Waals surface area (Å²) in [6.07, 6.45) is 9.47. The predicted octanol–water partition coefficient (Wildman–Crippen LogP) is 2.24. The third kappa shape index (κ3) is 2.31. The maximum absolute atomic E-state index is 11.3. The SMILES string of the molecule is C=CC1CCC=CC=C1C(=O)OC. The van der Waals surface area contributed by atoms with Crippen LogP contribution in [0.1, 0.15) is 12.8 Å². The van der Waals surface area contributed by atoms with E-state index in [-0.39, 0.29) is 11.9 Å². The van der Waals surface area contributed by atoms with Crippen LogP contribution in [0.5, 0.6) is 0 Å². The van der Waals surface area contributed by atoms with Gasteiger partial charge < -0.3 is 4.74 Å². The van der Waals surface area contributed by atoms with Crippen LogP contribution < -0.4 is 0 Å². The lowest BCUT2D eigenvalue weighted by molar-refractivity contribution is -0.136. The Labute approximate surface area is 78.6 Å². The predicted molar refractivity (Wildman–Crippen MR) is 52.2 cm³/mol. The summed E-state index contributed by atoms with van der Waals surface area (Å²) in [5.41, 5.74) is 0.700. The molecule has 0 N–H and O–H groups in total. The third-order valence-corrected chi connectivity index (χ3v) is 2.16. The molecule has 0 aliphatic heterocycles. The number of hydrogen-bond donors (Lipinski definition) is 0. The molecule has 0 bridgehead atoms. The van der Waals surface area contributed by atoms with E-state index in [2.05, 4.69) is 11.3 Å². The minimum Gasteiger partial charge on any atom is -0.466 e. The Morgan fingerprint density at radius 2 is 2.54 bits per heavy atom. The molecule has 1 rings (SSSR count). The minimum atomic E-state index is -0.253.